The van der Waals surface area contributed by atoms with Crippen LogP contribution in [0, 0.1) is 24.0 Å². The number of nitro benzene ring substituents is 1. The molecule has 0 unspecified atom stereocenters. The number of aryl methyl sites for hydroxylation is 2. The molecule has 0 saturated carbocycles. The Morgan fingerprint density at radius 1 is 0.712 bits per heavy atom. The fourth-order valence-corrected chi connectivity index (χ4v) is 7.50. The quantitative estimate of drug-likeness (QED) is 0.0270. The SMILES string of the molecule is CCCCCCC1(CCCCCC)c2cc(C(=O)/C(=N\OC(C)=O)c3cc(C)ccc3C)ccc2-c2ccc(C(=O)c3ccc([N+](=O)[O-])cc3)cc21. The summed E-state index contributed by atoms with van der Waals surface area (Å²) in [5, 5.41) is 15.3. The molecular weight excluding hydrogens is 652 g/mol. The normalized spacial score (nSPS) is 13.0. The van der Waals surface area contributed by atoms with Crippen LogP contribution in [0.2, 0.25) is 0 Å². The van der Waals surface area contributed by atoms with E-state index in [0.29, 0.717) is 22.3 Å². The predicted molar refractivity (Wildman–Crippen MR) is 205 cm³/mol. The molecule has 5 rings (SSSR count). The van der Waals surface area contributed by atoms with Gasteiger partial charge in [-0.15, -0.1) is 0 Å². The van der Waals surface area contributed by atoms with Gasteiger partial charge in [-0.3, -0.25) is 19.7 Å². The van der Waals surface area contributed by atoms with Crippen LogP contribution in [0.1, 0.15) is 139 Å². The van der Waals surface area contributed by atoms with Crippen LogP contribution in [0.25, 0.3) is 11.1 Å². The van der Waals surface area contributed by atoms with Crippen molar-refractivity contribution in [3.05, 3.63) is 133 Å². The number of carbonyl (C=O) groups excluding carboxylic acids is 3. The molecule has 52 heavy (non-hydrogen) atoms. The zero-order valence-electron chi connectivity index (χ0n) is 30.9. The van der Waals surface area contributed by atoms with E-state index < -0.39 is 16.3 Å². The smallest absolute Gasteiger partial charge is 0.318 e. The summed E-state index contributed by atoms with van der Waals surface area (Å²) in [6, 6.07) is 23.2. The second kappa shape index (κ2) is 16.9. The van der Waals surface area contributed by atoms with Crippen LogP contribution in [0.4, 0.5) is 5.69 Å². The topological polar surface area (TPSA) is 116 Å². The third kappa shape index (κ3) is 8.12. The Labute approximate surface area is 306 Å². The Hall–Kier alpha value is -5.24. The maximum atomic E-state index is 14.5. The van der Waals surface area contributed by atoms with Gasteiger partial charge >= 0.3 is 5.97 Å². The Kier molecular flexibility index (Phi) is 12.3. The van der Waals surface area contributed by atoms with Crippen molar-refractivity contribution >= 4 is 28.9 Å². The predicted octanol–water partition coefficient (Wildman–Crippen LogP) is 10.8. The van der Waals surface area contributed by atoms with Gasteiger partial charge in [0.25, 0.3) is 5.69 Å². The third-order valence-electron chi connectivity index (χ3n) is 10.3. The standard InChI is InChI=1S/C44H48N2O6/c1-6-8-10-12-24-44(25-13-11-9-7-2)39-27-33(42(48)32-16-20-35(21-17-32)46(50)51)18-22-36(39)37-23-19-34(28-40(37)44)43(49)41(45-52-31(5)47)38-26-29(3)14-15-30(38)4/h14-23,26-28H,6-13,24-25H2,1-5H3/b45-41-. The van der Waals surface area contributed by atoms with E-state index in [-0.39, 0.29) is 23.0 Å². The third-order valence-corrected chi connectivity index (χ3v) is 10.3. The lowest BCUT2D eigenvalue weighted by atomic mass is 9.70. The van der Waals surface area contributed by atoms with E-state index in [2.05, 4.69) is 19.0 Å². The summed E-state index contributed by atoms with van der Waals surface area (Å²) in [7, 11) is 0. The van der Waals surface area contributed by atoms with E-state index in [0.717, 1.165) is 97.6 Å². The summed E-state index contributed by atoms with van der Waals surface area (Å²) >= 11 is 0. The monoisotopic (exact) mass is 700 g/mol. The number of nitro groups is 1. The summed E-state index contributed by atoms with van der Waals surface area (Å²) < 4.78 is 0. The Morgan fingerprint density at radius 2 is 1.27 bits per heavy atom. The minimum Gasteiger partial charge on any atom is -0.318 e. The summed E-state index contributed by atoms with van der Waals surface area (Å²) in [5.41, 5.74) is 7.54. The average molecular weight is 701 g/mol. The molecule has 0 fully saturated rings. The highest BCUT2D eigenvalue weighted by molar-refractivity contribution is 6.51. The van der Waals surface area contributed by atoms with Gasteiger partial charge in [0, 0.05) is 46.7 Å². The van der Waals surface area contributed by atoms with E-state index in [9.17, 15) is 24.5 Å². The number of carbonyl (C=O) groups is 3. The fraction of sp³-hybridized carbons (Fsp3) is 0.364. The first-order valence-electron chi connectivity index (χ1n) is 18.5. The molecule has 0 aliphatic heterocycles. The molecule has 0 aromatic heterocycles. The number of nitrogens with zero attached hydrogens (tertiary/aromatic N) is 2. The van der Waals surface area contributed by atoms with Crippen LogP contribution in [0.5, 0.6) is 0 Å². The molecule has 1 aliphatic carbocycles. The van der Waals surface area contributed by atoms with Crippen molar-refractivity contribution in [1.82, 2.24) is 0 Å². The van der Waals surface area contributed by atoms with Gasteiger partial charge in [0.15, 0.2) is 11.5 Å². The summed E-state index contributed by atoms with van der Waals surface area (Å²) in [6.07, 6.45) is 10.3. The first-order chi connectivity index (χ1) is 25.0. The van der Waals surface area contributed by atoms with Crippen LogP contribution >= 0.6 is 0 Å². The Bertz CT molecular complexity index is 2000. The van der Waals surface area contributed by atoms with Crippen molar-refractivity contribution in [2.75, 3.05) is 0 Å². The molecule has 0 spiro atoms. The van der Waals surface area contributed by atoms with Crippen molar-refractivity contribution in [3.8, 4) is 11.1 Å². The van der Waals surface area contributed by atoms with E-state index in [4.69, 9.17) is 4.84 Å². The van der Waals surface area contributed by atoms with Crippen LogP contribution < -0.4 is 0 Å². The van der Waals surface area contributed by atoms with E-state index in [1.54, 1.807) is 0 Å². The molecule has 1 aliphatic rings. The molecule has 0 amide bonds. The van der Waals surface area contributed by atoms with E-state index in [1.807, 2.05) is 68.4 Å². The van der Waals surface area contributed by atoms with Crippen molar-refractivity contribution in [3.63, 3.8) is 0 Å². The van der Waals surface area contributed by atoms with Gasteiger partial charge in [-0.1, -0.05) is 112 Å². The van der Waals surface area contributed by atoms with Crippen molar-refractivity contribution in [2.45, 2.75) is 104 Å². The Morgan fingerprint density at radius 3 is 1.83 bits per heavy atom. The van der Waals surface area contributed by atoms with Crippen molar-refractivity contribution in [2.24, 2.45) is 5.16 Å². The van der Waals surface area contributed by atoms with Crippen molar-refractivity contribution < 1.29 is 24.1 Å². The second-order valence-corrected chi connectivity index (χ2v) is 14.0. The number of Topliss-reactive ketones (excluding diaryl/α,β-unsaturated/α-hetero) is 1. The van der Waals surface area contributed by atoms with Gasteiger partial charge in [0.2, 0.25) is 5.78 Å². The van der Waals surface area contributed by atoms with Crippen LogP contribution in [0.3, 0.4) is 0 Å². The average Bonchev–Trinajstić information content (AvgIpc) is 3.41. The number of hydrogen-bond donors (Lipinski definition) is 0. The highest BCUT2D eigenvalue weighted by atomic mass is 16.7. The van der Waals surface area contributed by atoms with Crippen LogP contribution in [0.15, 0.2) is 84.0 Å². The molecule has 4 aromatic rings. The number of fused-ring (bicyclic) bond motifs is 3. The molecule has 8 heteroatoms. The molecule has 0 heterocycles. The number of hydrogen-bond acceptors (Lipinski definition) is 7. The molecule has 0 N–H and O–H groups in total. The molecule has 0 bridgehead atoms. The Balaban J connectivity index is 1.65. The number of rotatable bonds is 17. The molecule has 0 atom stereocenters. The minimum absolute atomic E-state index is 0.0666. The fourth-order valence-electron chi connectivity index (χ4n) is 7.50. The highest BCUT2D eigenvalue weighted by Crippen LogP contribution is 2.55. The van der Waals surface area contributed by atoms with Crippen molar-refractivity contribution in [1.29, 1.82) is 0 Å². The van der Waals surface area contributed by atoms with Gasteiger partial charge in [-0.2, -0.15) is 0 Å². The molecular formula is C44H48N2O6. The largest absolute Gasteiger partial charge is 0.332 e. The summed E-state index contributed by atoms with van der Waals surface area (Å²) in [5.74, 6) is -1.15. The zero-order valence-corrected chi connectivity index (χ0v) is 30.9. The lowest BCUT2D eigenvalue weighted by Gasteiger charge is -2.33. The first kappa shape index (κ1) is 38.0. The van der Waals surface area contributed by atoms with E-state index >= 15 is 0 Å². The highest BCUT2D eigenvalue weighted by Gasteiger charge is 2.43. The van der Waals surface area contributed by atoms with Gasteiger partial charge in [0.05, 0.1) is 4.92 Å². The second-order valence-electron chi connectivity index (χ2n) is 14.0. The number of benzene rings is 4. The maximum absolute atomic E-state index is 14.5. The number of non-ortho nitro benzene ring substituents is 1. The lowest BCUT2D eigenvalue weighted by molar-refractivity contribution is -0.384. The molecule has 0 saturated heterocycles. The number of ketones is 2. The van der Waals surface area contributed by atoms with Gasteiger partial charge < -0.3 is 4.84 Å². The van der Waals surface area contributed by atoms with E-state index in [1.165, 1.54) is 31.2 Å². The first-order valence-corrected chi connectivity index (χ1v) is 18.5. The van der Waals surface area contributed by atoms with Gasteiger partial charge in [0.1, 0.15) is 0 Å². The van der Waals surface area contributed by atoms with Crippen LogP contribution in [-0.2, 0) is 15.0 Å². The van der Waals surface area contributed by atoms with Crippen LogP contribution in [-0.4, -0.2) is 28.2 Å². The van der Waals surface area contributed by atoms with Gasteiger partial charge in [-0.05, 0) is 84.8 Å². The summed E-state index contributed by atoms with van der Waals surface area (Å²) in [4.78, 5) is 56.0. The zero-order chi connectivity index (χ0) is 37.4. The lowest BCUT2D eigenvalue weighted by Crippen LogP contribution is -2.27. The minimum atomic E-state index is -0.614. The number of oxime groups is 1. The molecule has 0 radical (unpaired) electrons. The summed E-state index contributed by atoms with van der Waals surface area (Å²) in [6.45, 7) is 9.49. The maximum Gasteiger partial charge on any atom is 0.332 e. The molecule has 8 nitrogen and oxygen atoms in total. The molecule has 4 aromatic carbocycles. The van der Waals surface area contributed by atoms with Gasteiger partial charge in [-0.25, -0.2) is 4.79 Å². The molecule has 270 valence electrons. The number of unbranched alkanes of at least 4 members (excludes halogenated alkanes) is 6.